The summed E-state index contributed by atoms with van der Waals surface area (Å²) >= 11 is 0. The van der Waals surface area contributed by atoms with Crippen LogP contribution in [0.4, 0.5) is 0 Å². The van der Waals surface area contributed by atoms with Crippen LogP contribution in [0.1, 0.15) is 67.1 Å². The number of likely N-dealkylation sites (tertiary alicyclic amines) is 1. The Morgan fingerprint density at radius 1 is 1.04 bits per heavy atom. The van der Waals surface area contributed by atoms with Crippen LogP contribution in [0.15, 0.2) is 48.0 Å². The predicted molar refractivity (Wildman–Crippen MR) is 203 cm³/mol. The fourth-order valence-corrected chi connectivity index (χ4v) is 12.0. The first-order valence-electron chi connectivity index (χ1n) is 19.4. The largest absolute Gasteiger partial charge is 0.496 e. The molecule has 0 spiro atoms. The number of aliphatic hydroxyl groups is 1. The first-order chi connectivity index (χ1) is 25.6. The standard InChI is InChI=1S/C43H52N4O6/c1-7-24-21-46(3)35-17-32-25-10-8-9-11-33(25)44-38(32)31(15-28(24)37(35)41(49)52-5)30-16-34-29(18-36(30)51-4)26-12-13-47-20-23-14-27(22(2)48)40(47)43(19-23,39(26)45-34)42(50)53-6/h7-11,16,18,22-23,27-28,31,35,37,40,44-45,48H,12-15,17,19-21H2,1-6H3/b24-7-/t22-,23+,27+,28+,31-,35+,37-,40-,43-/m0/s1. The SMILES string of the molecule is C/C=C1/CN(C)[C@@H]2Cc3c([nH]c4ccccc34)[C@H](c3cc4[nH]c5c(c4cc3OC)CCN3C[C@@H]4C[C@H]([C@H](C)O)[C@H]3[C@]5(C(=O)OC)C4)C[C@H]1[C@@H]2C(=O)OC. The zero-order valence-corrected chi connectivity index (χ0v) is 31.7. The predicted octanol–water partition coefficient (Wildman–Crippen LogP) is 5.46. The van der Waals surface area contributed by atoms with E-state index >= 15 is 0 Å². The molecule has 2 aromatic carbocycles. The highest BCUT2D eigenvalue weighted by molar-refractivity contribution is 5.93. The Bertz CT molecular complexity index is 2150. The van der Waals surface area contributed by atoms with Crippen LogP contribution in [0.2, 0.25) is 0 Å². The minimum atomic E-state index is -0.905. The van der Waals surface area contributed by atoms with E-state index in [1.807, 2.05) is 6.92 Å². The van der Waals surface area contributed by atoms with E-state index in [-0.39, 0.29) is 47.7 Å². The van der Waals surface area contributed by atoms with Gasteiger partial charge in [0.05, 0.1) is 33.4 Å². The molecule has 4 aliphatic heterocycles. The quantitative estimate of drug-likeness (QED) is 0.184. The number of esters is 2. The molecule has 3 saturated heterocycles. The average molecular weight is 721 g/mol. The van der Waals surface area contributed by atoms with E-state index in [0.29, 0.717) is 25.2 Å². The smallest absolute Gasteiger partial charge is 0.319 e. The van der Waals surface area contributed by atoms with Crippen LogP contribution >= 0.6 is 0 Å². The third-order valence-electron chi connectivity index (χ3n) is 14.2. The molecule has 10 rings (SSSR count). The molecule has 2 aliphatic carbocycles. The van der Waals surface area contributed by atoms with Crippen LogP contribution in [0, 0.1) is 23.7 Å². The summed E-state index contributed by atoms with van der Waals surface area (Å²) < 4.78 is 17.6. The first-order valence-corrected chi connectivity index (χ1v) is 19.4. The third-order valence-corrected chi connectivity index (χ3v) is 14.2. The number of ether oxygens (including phenoxy) is 3. The molecule has 10 atom stereocenters. The second kappa shape index (κ2) is 12.7. The van der Waals surface area contributed by atoms with E-state index in [4.69, 9.17) is 14.2 Å². The Hall–Kier alpha value is -4.12. The summed E-state index contributed by atoms with van der Waals surface area (Å²) in [5.74, 6) is 0.199. The zero-order valence-electron chi connectivity index (χ0n) is 31.7. The number of carbonyl (C=O) groups excluding carboxylic acids is 2. The Morgan fingerprint density at radius 3 is 2.58 bits per heavy atom. The van der Waals surface area contributed by atoms with Gasteiger partial charge in [-0.05, 0) is 94.2 Å². The molecule has 10 heteroatoms. The van der Waals surface area contributed by atoms with Gasteiger partial charge in [-0.2, -0.15) is 0 Å². The van der Waals surface area contributed by atoms with Crippen LogP contribution in [-0.4, -0.2) is 103 Å². The maximum Gasteiger partial charge on any atom is 0.319 e. The van der Waals surface area contributed by atoms with Crippen molar-refractivity contribution in [2.45, 2.75) is 75.5 Å². The number of piperidine rings is 3. The van der Waals surface area contributed by atoms with E-state index in [2.05, 4.69) is 76.2 Å². The maximum atomic E-state index is 14.2. The number of fused-ring (bicyclic) bond motifs is 9. The highest BCUT2D eigenvalue weighted by atomic mass is 16.5. The molecule has 53 heavy (non-hydrogen) atoms. The van der Waals surface area contributed by atoms with Gasteiger partial charge in [-0.1, -0.05) is 29.8 Å². The van der Waals surface area contributed by atoms with Crippen molar-refractivity contribution in [1.29, 1.82) is 0 Å². The van der Waals surface area contributed by atoms with Crippen molar-refractivity contribution < 1.29 is 28.9 Å². The molecule has 6 bridgehead atoms. The number of rotatable bonds is 5. The average Bonchev–Trinajstić information content (AvgIpc) is 3.69. The number of methoxy groups -OCH3 is 3. The van der Waals surface area contributed by atoms with E-state index in [0.717, 1.165) is 77.2 Å². The number of aliphatic hydroxyl groups excluding tert-OH is 1. The van der Waals surface area contributed by atoms with Crippen LogP contribution < -0.4 is 4.74 Å². The van der Waals surface area contributed by atoms with Crippen molar-refractivity contribution in [3.63, 3.8) is 0 Å². The topological polar surface area (TPSA) is 120 Å². The van der Waals surface area contributed by atoms with E-state index in [1.54, 1.807) is 7.11 Å². The van der Waals surface area contributed by atoms with Crippen LogP contribution in [-0.2, 0) is 37.3 Å². The minimum Gasteiger partial charge on any atom is -0.496 e. The van der Waals surface area contributed by atoms with Gasteiger partial charge >= 0.3 is 11.9 Å². The van der Waals surface area contributed by atoms with Crippen molar-refractivity contribution in [1.82, 2.24) is 19.8 Å². The number of allylic oxidation sites excluding steroid dienone is 1. The molecule has 0 amide bonds. The van der Waals surface area contributed by atoms with Gasteiger partial charge in [0.1, 0.15) is 11.2 Å². The fraction of sp³-hybridized carbons (Fsp3) is 0.535. The summed E-state index contributed by atoms with van der Waals surface area (Å²) in [6.45, 7) is 6.50. The summed E-state index contributed by atoms with van der Waals surface area (Å²) in [5.41, 5.74) is 7.90. The molecule has 2 aromatic heterocycles. The van der Waals surface area contributed by atoms with E-state index < -0.39 is 11.5 Å². The summed E-state index contributed by atoms with van der Waals surface area (Å²) in [7, 11) is 6.87. The second-order valence-corrected chi connectivity index (χ2v) is 16.5. The Balaban J connectivity index is 1.26. The molecule has 4 fully saturated rings. The number of nitrogens with zero attached hydrogens (tertiary/aromatic N) is 2. The Morgan fingerprint density at radius 2 is 1.85 bits per heavy atom. The van der Waals surface area contributed by atoms with Gasteiger partial charge in [-0.25, -0.2) is 0 Å². The second-order valence-electron chi connectivity index (χ2n) is 16.5. The number of hydrogen-bond acceptors (Lipinski definition) is 8. The fourth-order valence-electron chi connectivity index (χ4n) is 12.0. The Labute approximate surface area is 310 Å². The summed E-state index contributed by atoms with van der Waals surface area (Å²) in [6, 6.07) is 12.7. The summed E-state index contributed by atoms with van der Waals surface area (Å²) in [4.78, 5) is 40.5. The lowest BCUT2D eigenvalue weighted by molar-refractivity contribution is -0.166. The number of carbonyl (C=O) groups is 2. The molecule has 6 aliphatic rings. The first kappa shape index (κ1) is 34.6. The van der Waals surface area contributed by atoms with Crippen molar-refractivity contribution in [3.05, 3.63) is 76.1 Å². The lowest BCUT2D eigenvalue weighted by Crippen LogP contribution is -2.68. The lowest BCUT2D eigenvalue weighted by Gasteiger charge is -2.58. The molecule has 1 unspecified atom stereocenters. The van der Waals surface area contributed by atoms with E-state index in [9.17, 15) is 14.7 Å². The highest BCUT2D eigenvalue weighted by Crippen LogP contribution is 2.56. The maximum absolute atomic E-state index is 14.2. The monoisotopic (exact) mass is 720 g/mol. The molecule has 3 N–H and O–H groups in total. The van der Waals surface area contributed by atoms with Crippen molar-refractivity contribution in [3.8, 4) is 5.75 Å². The van der Waals surface area contributed by atoms with Crippen LogP contribution in [0.25, 0.3) is 21.8 Å². The number of aromatic amines is 2. The van der Waals surface area contributed by atoms with Crippen molar-refractivity contribution >= 4 is 33.7 Å². The van der Waals surface area contributed by atoms with Crippen LogP contribution in [0.3, 0.4) is 0 Å². The van der Waals surface area contributed by atoms with Gasteiger partial charge in [0, 0.05) is 82.3 Å². The summed E-state index contributed by atoms with van der Waals surface area (Å²) in [5, 5.41) is 13.3. The number of nitrogens with one attached hydrogen (secondary N) is 2. The number of aromatic nitrogens is 2. The molecule has 1 saturated carbocycles. The Kier molecular flexibility index (Phi) is 8.33. The number of H-pyrrole nitrogens is 2. The molecular formula is C43H52N4O6. The van der Waals surface area contributed by atoms with Crippen molar-refractivity contribution in [2.75, 3.05) is 48.0 Å². The third kappa shape index (κ3) is 4.94. The number of para-hydroxylation sites is 1. The molecule has 280 valence electrons. The number of benzene rings is 2. The van der Waals surface area contributed by atoms with Gasteiger partial charge in [0.25, 0.3) is 0 Å². The molecule has 0 radical (unpaired) electrons. The minimum absolute atomic E-state index is 0.0103. The number of hydrogen-bond donors (Lipinski definition) is 3. The van der Waals surface area contributed by atoms with Gasteiger partial charge in [0.2, 0.25) is 0 Å². The molecular weight excluding hydrogens is 668 g/mol. The highest BCUT2D eigenvalue weighted by Gasteiger charge is 2.64. The van der Waals surface area contributed by atoms with Gasteiger partial charge in [-0.15, -0.1) is 0 Å². The summed E-state index contributed by atoms with van der Waals surface area (Å²) in [6.07, 6.45) is 5.47. The van der Waals surface area contributed by atoms with Crippen LogP contribution in [0.5, 0.6) is 5.75 Å². The van der Waals surface area contributed by atoms with Gasteiger partial charge in [0.15, 0.2) is 0 Å². The van der Waals surface area contributed by atoms with Gasteiger partial charge in [-0.3, -0.25) is 19.4 Å². The lowest BCUT2D eigenvalue weighted by atomic mass is 9.56. The molecule has 10 nitrogen and oxygen atoms in total. The van der Waals surface area contributed by atoms with E-state index in [1.165, 1.54) is 30.7 Å². The normalized spacial score (nSPS) is 33.5. The van der Waals surface area contributed by atoms with Gasteiger partial charge < -0.3 is 29.3 Å². The molecule has 4 aromatic rings. The molecule has 6 heterocycles. The zero-order chi connectivity index (χ0) is 36.9. The van der Waals surface area contributed by atoms with Crippen molar-refractivity contribution in [2.24, 2.45) is 23.7 Å². The number of likely N-dealkylation sites (N-methyl/N-ethyl adjacent to an activating group) is 1.